The van der Waals surface area contributed by atoms with Crippen LogP contribution in [0.3, 0.4) is 0 Å². The average Bonchev–Trinajstić information content (AvgIpc) is 2.72. The van der Waals surface area contributed by atoms with Crippen LogP contribution in [0.15, 0.2) is 0 Å². The molecule has 1 spiro atoms. The molecule has 0 aromatic heterocycles. The molecule has 176 valence electrons. The first-order valence-electron chi connectivity index (χ1n) is 11.4. The minimum atomic E-state index is -0.642. The van der Waals surface area contributed by atoms with Gasteiger partial charge in [0.25, 0.3) is 0 Å². The lowest BCUT2D eigenvalue weighted by molar-refractivity contribution is -0.409. The molecule has 4 unspecified atom stereocenters. The second kappa shape index (κ2) is 9.41. The van der Waals surface area contributed by atoms with Gasteiger partial charge in [0.2, 0.25) is 0 Å². The fourth-order valence-corrected chi connectivity index (χ4v) is 4.66. The number of aliphatic hydroxyl groups is 1. The molecule has 7 nitrogen and oxygen atoms in total. The van der Waals surface area contributed by atoms with Gasteiger partial charge in [0.1, 0.15) is 6.61 Å². The Bertz CT molecular complexity index is 586. The van der Waals surface area contributed by atoms with E-state index in [1.807, 2.05) is 0 Å². The molecule has 30 heavy (non-hydrogen) atoms. The first-order valence-corrected chi connectivity index (χ1v) is 11.4. The highest BCUT2D eigenvalue weighted by Crippen LogP contribution is 2.54. The minimum Gasteiger partial charge on any atom is -0.463 e. The van der Waals surface area contributed by atoms with Crippen LogP contribution in [0.1, 0.15) is 74.7 Å². The number of carbonyl (C=O) groups is 1. The third-order valence-electron chi connectivity index (χ3n) is 7.26. The Morgan fingerprint density at radius 3 is 2.27 bits per heavy atom. The molecule has 2 heterocycles. The summed E-state index contributed by atoms with van der Waals surface area (Å²) < 4.78 is 18.0. The molecule has 0 saturated carbocycles. The quantitative estimate of drug-likeness (QED) is 0.591. The maximum atomic E-state index is 12.1. The number of aliphatic hydroxyl groups excluding tert-OH is 1. The Balaban J connectivity index is 2.25. The molecule has 1 N–H and O–H groups in total. The number of hydroxylamine groups is 2. The smallest absolute Gasteiger partial charge is 0.311 e. The van der Waals surface area contributed by atoms with Crippen LogP contribution in [-0.4, -0.2) is 66.0 Å². The van der Waals surface area contributed by atoms with Crippen molar-refractivity contribution in [2.24, 2.45) is 17.3 Å². The van der Waals surface area contributed by atoms with Gasteiger partial charge in [-0.05, 0) is 33.6 Å². The van der Waals surface area contributed by atoms with Gasteiger partial charge in [0.15, 0.2) is 5.79 Å². The maximum Gasteiger partial charge on any atom is 0.311 e. The molecular formula is C23H43NO6. The van der Waals surface area contributed by atoms with Crippen molar-refractivity contribution in [2.75, 3.05) is 33.0 Å². The summed E-state index contributed by atoms with van der Waals surface area (Å²) in [7, 11) is 0. The summed E-state index contributed by atoms with van der Waals surface area (Å²) in [6.07, 6.45) is 2.41. The largest absolute Gasteiger partial charge is 0.463 e. The molecule has 7 heteroatoms. The molecule has 2 aliphatic rings. The van der Waals surface area contributed by atoms with Gasteiger partial charge in [-0.25, -0.2) is 0 Å². The van der Waals surface area contributed by atoms with Crippen LogP contribution in [0, 0.1) is 17.3 Å². The van der Waals surface area contributed by atoms with Gasteiger partial charge in [-0.15, -0.1) is 0 Å². The van der Waals surface area contributed by atoms with Gasteiger partial charge in [-0.1, -0.05) is 34.6 Å². The summed E-state index contributed by atoms with van der Waals surface area (Å²) in [5.74, 6) is -1.35. The highest BCUT2D eigenvalue weighted by atomic mass is 16.7. The van der Waals surface area contributed by atoms with E-state index in [-0.39, 0.29) is 48.2 Å². The first kappa shape index (κ1) is 25.5. The first-order chi connectivity index (χ1) is 13.9. The van der Waals surface area contributed by atoms with Crippen LogP contribution in [0.25, 0.3) is 0 Å². The molecule has 4 atom stereocenters. The van der Waals surface area contributed by atoms with Crippen molar-refractivity contribution < 1.29 is 28.9 Å². The lowest BCUT2D eigenvalue weighted by Gasteiger charge is -2.64. The van der Waals surface area contributed by atoms with Crippen LogP contribution in [0.2, 0.25) is 0 Å². The van der Waals surface area contributed by atoms with Crippen molar-refractivity contribution in [1.82, 2.24) is 5.06 Å². The standard InChI is InChI=1S/C23H43NO6/c1-9-21(7)14-23(28-15-20(5,6)16-29-23)18(4)22(8,10-2)24(21)30-13-17(3)19(26)27-12-11-25/h17-18,25H,9-16H2,1-8H3. The fraction of sp³-hybridized carbons (Fsp3) is 0.957. The third-order valence-corrected chi connectivity index (χ3v) is 7.26. The SMILES string of the molecule is CCC1(C)CC2(OCC(C)(C)CO2)C(C)C(C)(CC)N1OCC(C)C(=O)OCCO. The summed E-state index contributed by atoms with van der Waals surface area (Å²) in [4.78, 5) is 18.5. The normalized spacial score (nSPS) is 34.6. The van der Waals surface area contributed by atoms with E-state index < -0.39 is 11.7 Å². The van der Waals surface area contributed by atoms with Gasteiger partial charge in [-0.3, -0.25) is 9.63 Å². The average molecular weight is 430 g/mol. The monoisotopic (exact) mass is 429 g/mol. The highest BCUT2D eigenvalue weighted by molar-refractivity contribution is 5.72. The van der Waals surface area contributed by atoms with Crippen molar-refractivity contribution in [2.45, 2.75) is 91.5 Å². The number of carbonyl (C=O) groups excluding carboxylic acids is 1. The van der Waals surface area contributed by atoms with E-state index in [1.54, 1.807) is 6.92 Å². The van der Waals surface area contributed by atoms with Crippen LogP contribution in [0.5, 0.6) is 0 Å². The Labute approximate surface area is 182 Å². The minimum absolute atomic E-state index is 0.00813. The molecule has 0 amide bonds. The van der Waals surface area contributed by atoms with Gasteiger partial charge in [0.05, 0.1) is 37.9 Å². The van der Waals surface area contributed by atoms with Gasteiger partial charge in [0, 0.05) is 23.3 Å². The summed E-state index contributed by atoms with van der Waals surface area (Å²) in [6, 6.07) is 0. The number of rotatable bonds is 8. The molecule has 2 aliphatic heterocycles. The predicted molar refractivity (Wildman–Crippen MR) is 115 cm³/mol. The Morgan fingerprint density at radius 2 is 1.77 bits per heavy atom. The van der Waals surface area contributed by atoms with Gasteiger partial charge >= 0.3 is 5.97 Å². The summed E-state index contributed by atoms with van der Waals surface area (Å²) in [5, 5.41) is 11.0. The highest BCUT2D eigenvalue weighted by Gasteiger charge is 2.63. The van der Waals surface area contributed by atoms with E-state index in [0.717, 1.165) is 12.8 Å². The van der Waals surface area contributed by atoms with E-state index in [1.165, 1.54) is 0 Å². The summed E-state index contributed by atoms with van der Waals surface area (Å²) >= 11 is 0. The zero-order valence-electron chi connectivity index (χ0n) is 20.2. The third kappa shape index (κ3) is 4.85. The molecule has 0 radical (unpaired) electrons. The zero-order valence-corrected chi connectivity index (χ0v) is 20.2. The molecular weight excluding hydrogens is 386 g/mol. The molecule has 2 fully saturated rings. The summed E-state index contributed by atoms with van der Waals surface area (Å²) in [6.45, 7) is 18.4. The van der Waals surface area contributed by atoms with E-state index >= 15 is 0 Å². The molecule has 2 saturated heterocycles. The lowest BCUT2D eigenvalue weighted by atomic mass is 9.67. The Kier molecular flexibility index (Phi) is 8.01. The van der Waals surface area contributed by atoms with Crippen molar-refractivity contribution >= 4 is 5.97 Å². The number of hydrogen-bond donors (Lipinski definition) is 1. The molecule has 2 rings (SSSR count). The molecule has 0 aromatic carbocycles. The number of ether oxygens (including phenoxy) is 3. The van der Waals surface area contributed by atoms with Gasteiger partial charge in [-0.2, -0.15) is 5.06 Å². The van der Waals surface area contributed by atoms with Crippen LogP contribution in [0.4, 0.5) is 0 Å². The number of nitrogens with zero attached hydrogens (tertiary/aromatic N) is 1. The Hall–Kier alpha value is -0.730. The topological polar surface area (TPSA) is 77.5 Å². The van der Waals surface area contributed by atoms with E-state index in [0.29, 0.717) is 19.6 Å². The zero-order chi connectivity index (χ0) is 22.8. The van der Waals surface area contributed by atoms with Crippen molar-refractivity contribution in [3.05, 3.63) is 0 Å². The van der Waals surface area contributed by atoms with E-state index in [4.69, 9.17) is 24.2 Å². The van der Waals surface area contributed by atoms with E-state index in [9.17, 15) is 4.79 Å². The van der Waals surface area contributed by atoms with Crippen LogP contribution < -0.4 is 0 Å². The summed E-state index contributed by atoms with van der Waals surface area (Å²) in [5.41, 5.74) is -0.638. The van der Waals surface area contributed by atoms with Crippen molar-refractivity contribution in [3.63, 3.8) is 0 Å². The lowest BCUT2D eigenvalue weighted by Crippen LogP contribution is -2.73. The predicted octanol–water partition coefficient (Wildman–Crippen LogP) is 3.54. The van der Waals surface area contributed by atoms with Crippen molar-refractivity contribution in [1.29, 1.82) is 0 Å². The molecule has 0 aliphatic carbocycles. The maximum absolute atomic E-state index is 12.1. The second-order valence-electron chi connectivity index (χ2n) is 10.4. The second-order valence-corrected chi connectivity index (χ2v) is 10.4. The number of hydrogen-bond acceptors (Lipinski definition) is 7. The fourth-order valence-electron chi connectivity index (χ4n) is 4.66. The number of esters is 1. The number of piperidine rings is 1. The van der Waals surface area contributed by atoms with Gasteiger partial charge < -0.3 is 19.3 Å². The van der Waals surface area contributed by atoms with E-state index in [2.05, 4.69) is 53.5 Å². The molecule has 0 aromatic rings. The van der Waals surface area contributed by atoms with Crippen LogP contribution >= 0.6 is 0 Å². The molecule has 0 bridgehead atoms. The van der Waals surface area contributed by atoms with Crippen molar-refractivity contribution in [3.8, 4) is 0 Å². The Morgan fingerprint density at radius 1 is 1.17 bits per heavy atom. The van der Waals surface area contributed by atoms with Crippen LogP contribution in [-0.2, 0) is 23.8 Å².